The third-order valence-electron chi connectivity index (χ3n) is 4.04. The summed E-state index contributed by atoms with van der Waals surface area (Å²) in [6.45, 7) is 0.526. The van der Waals surface area contributed by atoms with Crippen LogP contribution in [-0.2, 0) is 9.53 Å². The Kier molecular flexibility index (Phi) is 6.16. The van der Waals surface area contributed by atoms with Gasteiger partial charge in [0.05, 0.1) is 14.2 Å². The molecule has 0 aliphatic carbocycles. The molecule has 0 saturated carbocycles. The smallest absolute Gasteiger partial charge is 0.331 e. The maximum Gasteiger partial charge on any atom is 0.331 e. The number of Topliss-reactive ketones (excluding diaryl/α,β-unsaturated/α-hetero) is 1. The van der Waals surface area contributed by atoms with Crippen molar-refractivity contribution in [2.24, 2.45) is 0 Å². The number of carbonyl (C=O) groups excluding carboxylic acids is 2. The van der Waals surface area contributed by atoms with Gasteiger partial charge >= 0.3 is 5.97 Å². The number of hydrogen-bond acceptors (Lipinski definition) is 7. The highest BCUT2D eigenvalue weighted by Gasteiger charge is 2.16. The van der Waals surface area contributed by atoms with Gasteiger partial charge in [-0.05, 0) is 30.3 Å². The fourth-order valence-corrected chi connectivity index (χ4v) is 2.69. The van der Waals surface area contributed by atoms with Crippen molar-refractivity contribution in [2.45, 2.75) is 0 Å². The van der Waals surface area contributed by atoms with E-state index in [1.165, 1.54) is 26.4 Å². The molecule has 3 rings (SSSR count). The third kappa shape index (κ3) is 4.43. The molecule has 1 heterocycles. The van der Waals surface area contributed by atoms with E-state index >= 15 is 0 Å². The predicted molar refractivity (Wildman–Crippen MR) is 101 cm³/mol. The second-order valence-electron chi connectivity index (χ2n) is 5.81. The minimum atomic E-state index is -0.643. The van der Waals surface area contributed by atoms with Crippen molar-refractivity contribution in [2.75, 3.05) is 34.0 Å². The Morgan fingerprint density at radius 2 is 1.82 bits per heavy atom. The number of esters is 1. The van der Waals surface area contributed by atoms with Gasteiger partial charge in [0, 0.05) is 17.2 Å². The second kappa shape index (κ2) is 8.94. The van der Waals surface area contributed by atoms with Gasteiger partial charge in [-0.25, -0.2) is 4.79 Å². The molecule has 0 aromatic heterocycles. The van der Waals surface area contributed by atoms with Crippen molar-refractivity contribution < 1.29 is 33.3 Å². The topological polar surface area (TPSA) is 80.3 Å². The summed E-state index contributed by atoms with van der Waals surface area (Å²) in [5, 5.41) is 0. The molecule has 0 amide bonds. The average molecular weight is 384 g/mol. The second-order valence-corrected chi connectivity index (χ2v) is 5.81. The van der Waals surface area contributed by atoms with E-state index in [0.717, 1.165) is 0 Å². The molecule has 1 aliphatic heterocycles. The summed E-state index contributed by atoms with van der Waals surface area (Å²) in [5.74, 6) is 1.17. The van der Waals surface area contributed by atoms with Gasteiger partial charge < -0.3 is 23.7 Å². The number of methoxy groups -OCH3 is 2. The molecule has 146 valence electrons. The third-order valence-corrected chi connectivity index (χ3v) is 4.04. The molecular formula is C21H20O7. The highest BCUT2D eigenvalue weighted by molar-refractivity contribution is 5.99. The molecule has 0 N–H and O–H groups in total. The molecule has 0 atom stereocenters. The lowest BCUT2D eigenvalue weighted by Crippen LogP contribution is -2.17. The van der Waals surface area contributed by atoms with Crippen LogP contribution < -0.4 is 18.9 Å². The molecular weight excluding hydrogens is 364 g/mol. The largest absolute Gasteiger partial charge is 0.493 e. The van der Waals surface area contributed by atoms with Crippen LogP contribution in [0.1, 0.15) is 15.9 Å². The molecule has 2 aromatic rings. The van der Waals surface area contributed by atoms with Crippen molar-refractivity contribution >= 4 is 17.8 Å². The van der Waals surface area contributed by atoms with Crippen LogP contribution in [-0.4, -0.2) is 45.8 Å². The molecule has 1 aliphatic rings. The number of rotatable bonds is 7. The van der Waals surface area contributed by atoms with Crippen molar-refractivity contribution in [3.63, 3.8) is 0 Å². The van der Waals surface area contributed by atoms with E-state index in [1.54, 1.807) is 36.4 Å². The Hall–Kier alpha value is -3.48. The standard InChI is InChI=1S/C21H20O7/c1-24-18-5-3-4-14(21(18)25-2)7-9-20(23)28-13-16(22)15-6-8-17-19(12-15)27-11-10-26-17/h3-9,12H,10-11,13H2,1-2H3/b9-7+. The van der Waals surface area contributed by atoms with Crippen LogP contribution in [0.5, 0.6) is 23.0 Å². The van der Waals surface area contributed by atoms with Gasteiger partial charge in [0.25, 0.3) is 0 Å². The Balaban J connectivity index is 1.60. The van der Waals surface area contributed by atoms with Crippen LogP contribution >= 0.6 is 0 Å². The quantitative estimate of drug-likeness (QED) is 0.412. The van der Waals surface area contributed by atoms with E-state index < -0.39 is 5.97 Å². The maximum absolute atomic E-state index is 12.3. The Morgan fingerprint density at radius 3 is 2.57 bits per heavy atom. The molecule has 28 heavy (non-hydrogen) atoms. The van der Waals surface area contributed by atoms with E-state index in [9.17, 15) is 9.59 Å². The van der Waals surface area contributed by atoms with E-state index in [2.05, 4.69) is 0 Å². The van der Waals surface area contributed by atoms with E-state index in [1.807, 2.05) is 0 Å². The lowest BCUT2D eigenvalue weighted by Gasteiger charge is -2.18. The fraction of sp³-hybridized carbons (Fsp3) is 0.238. The van der Waals surface area contributed by atoms with Gasteiger partial charge in [-0.15, -0.1) is 0 Å². The first-order chi connectivity index (χ1) is 13.6. The Morgan fingerprint density at radius 1 is 1.04 bits per heavy atom. The molecule has 0 radical (unpaired) electrons. The van der Waals surface area contributed by atoms with Crippen LogP contribution in [0.2, 0.25) is 0 Å². The summed E-state index contributed by atoms with van der Waals surface area (Å²) in [5.41, 5.74) is 1.03. The maximum atomic E-state index is 12.3. The average Bonchev–Trinajstić information content (AvgIpc) is 2.75. The summed E-state index contributed by atoms with van der Waals surface area (Å²) in [4.78, 5) is 24.2. The van der Waals surface area contributed by atoms with Crippen LogP contribution in [0.3, 0.4) is 0 Å². The zero-order chi connectivity index (χ0) is 19.9. The first-order valence-electron chi connectivity index (χ1n) is 8.61. The summed E-state index contributed by atoms with van der Waals surface area (Å²) in [6, 6.07) is 10.2. The fourth-order valence-electron chi connectivity index (χ4n) is 2.69. The Bertz CT molecular complexity index is 902. The van der Waals surface area contributed by atoms with Crippen LogP contribution in [0.4, 0.5) is 0 Å². The number of ether oxygens (including phenoxy) is 5. The zero-order valence-electron chi connectivity index (χ0n) is 15.6. The highest BCUT2D eigenvalue weighted by atomic mass is 16.6. The zero-order valence-corrected chi connectivity index (χ0v) is 15.6. The lowest BCUT2D eigenvalue weighted by molar-refractivity contribution is -0.136. The molecule has 0 bridgehead atoms. The van der Waals surface area contributed by atoms with Crippen LogP contribution in [0.15, 0.2) is 42.5 Å². The normalized spacial score (nSPS) is 12.5. The van der Waals surface area contributed by atoms with Crippen molar-refractivity contribution in [1.29, 1.82) is 0 Å². The molecule has 7 heteroatoms. The van der Waals surface area contributed by atoms with Gasteiger partial charge in [-0.2, -0.15) is 0 Å². The predicted octanol–water partition coefficient (Wildman–Crippen LogP) is 2.91. The number of benzene rings is 2. The molecule has 7 nitrogen and oxygen atoms in total. The van der Waals surface area contributed by atoms with Gasteiger partial charge in [0.2, 0.25) is 0 Å². The van der Waals surface area contributed by atoms with Gasteiger partial charge in [-0.1, -0.05) is 12.1 Å². The number of para-hydroxylation sites is 1. The molecule has 2 aromatic carbocycles. The highest BCUT2D eigenvalue weighted by Crippen LogP contribution is 2.32. The van der Waals surface area contributed by atoms with Crippen LogP contribution in [0.25, 0.3) is 6.08 Å². The molecule has 0 fully saturated rings. The van der Waals surface area contributed by atoms with Crippen LogP contribution in [0, 0.1) is 0 Å². The Labute approximate surface area is 162 Å². The number of fused-ring (bicyclic) bond motifs is 1. The van der Waals surface area contributed by atoms with Crippen molar-refractivity contribution in [1.82, 2.24) is 0 Å². The summed E-state index contributed by atoms with van der Waals surface area (Å²) < 4.78 is 26.4. The summed E-state index contributed by atoms with van der Waals surface area (Å²) in [6.07, 6.45) is 2.77. The number of hydrogen-bond donors (Lipinski definition) is 0. The summed E-state index contributed by atoms with van der Waals surface area (Å²) in [7, 11) is 3.04. The SMILES string of the molecule is COc1cccc(/C=C/C(=O)OCC(=O)c2ccc3c(c2)OCCO3)c1OC. The summed E-state index contributed by atoms with van der Waals surface area (Å²) >= 11 is 0. The number of ketones is 1. The van der Waals surface area contributed by atoms with Crippen molar-refractivity contribution in [3.8, 4) is 23.0 Å². The lowest BCUT2D eigenvalue weighted by atomic mass is 10.1. The van der Waals surface area contributed by atoms with Crippen molar-refractivity contribution in [3.05, 3.63) is 53.6 Å². The monoisotopic (exact) mass is 384 g/mol. The molecule has 0 unspecified atom stereocenters. The van der Waals surface area contributed by atoms with E-state index in [0.29, 0.717) is 47.3 Å². The van der Waals surface area contributed by atoms with E-state index in [-0.39, 0.29) is 12.4 Å². The first-order valence-corrected chi connectivity index (χ1v) is 8.61. The molecule has 0 spiro atoms. The molecule has 0 saturated heterocycles. The van der Waals surface area contributed by atoms with E-state index in [4.69, 9.17) is 23.7 Å². The minimum absolute atomic E-state index is 0.335. The van der Waals surface area contributed by atoms with Gasteiger partial charge in [-0.3, -0.25) is 4.79 Å². The van der Waals surface area contributed by atoms with Gasteiger partial charge in [0.1, 0.15) is 13.2 Å². The minimum Gasteiger partial charge on any atom is -0.493 e. The first kappa shape index (κ1) is 19.3. The van der Waals surface area contributed by atoms with Gasteiger partial charge in [0.15, 0.2) is 35.4 Å². The number of carbonyl (C=O) groups is 2.